The Morgan fingerprint density at radius 2 is 1.86 bits per heavy atom. The van der Waals surface area contributed by atoms with Crippen LogP contribution in [0.4, 0.5) is 0 Å². The third kappa shape index (κ3) is 3.68. The summed E-state index contributed by atoms with van der Waals surface area (Å²) in [6, 6.07) is 8.31. The van der Waals surface area contributed by atoms with Gasteiger partial charge in [-0.3, -0.25) is 4.79 Å². The fraction of sp³-hybridized carbons (Fsp3) is 0.696. The summed E-state index contributed by atoms with van der Waals surface area (Å²) in [5, 5.41) is 2.93. The van der Waals surface area contributed by atoms with E-state index in [0.717, 1.165) is 47.8 Å². The van der Waals surface area contributed by atoms with E-state index in [2.05, 4.69) is 17.4 Å². The molecule has 5 heteroatoms. The Bertz CT molecular complexity index is 702. The number of carbonyl (C=O) groups excluding carboxylic acids is 1. The summed E-state index contributed by atoms with van der Waals surface area (Å²) in [7, 11) is 0. The highest BCUT2D eigenvalue weighted by Crippen LogP contribution is 2.60. The smallest absolute Gasteiger partial charge is 0.237 e. The highest BCUT2D eigenvalue weighted by atomic mass is 32.2. The van der Waals surface area contributed by atoms with Gasteiger partial charge in [-0.15, -0.1) is 11.8 Å². The molecule has 1 amide bonds. The van der Waals surface area contributed by atoms with E-state index in [1.165, 1.54) is 38.5 Å². The minimum Gasteiger partial charge on any atom is -0.493 e. The summed E-state index contributed by atoms with van der Waals surface area (Å²) in [4.78, 5) is 12.7. The average molecular weight is 401 g/mol. The van der Waals surface area contributed by atoms with Crippen molar-refractivity contribution in [1.82, 2.24) is 5.32 Å². The van der Waals surface area contributed by atoms with Gasteiger partial charge in [-0.25, -0.2) is 0 Å². The molecule has 28 heavy (non-hydrogen) atoms. The van der Waals surface area contributed by atoms with Gasteiger partial charge in [-0.1, -0.05) is 12.1 Å². The number of thioether (sulfide) groups is 1. The van der Waals surface area contributed by atoms with Crippen LogP contribution in [0.15, 0.2) is 24.3 Å². The lowest BCUT2D eigenvalue weighted by Crippen LogP contribution is -2.48. The van der Waals surface area contributed by atoms with Crippen molar-refractivity contribution in [1.29, 1.82) is 0 Å². The first-order valence-corrected chi connectivity index (χ1v) is 12.0. The van der Waals surface area contributed by atoms with E-state index >= 15 is 0 Å². The molecule has 3 N–H and O–H groups in total. The van der Waals surface area contributed by atoms with E-state index in [-0.39, 0.29) is 17.2 Å². The lowest BCUT2D eigenvalue weighted by atomic mass is 9.50. The highest BCUT2D eigenvalue weighted by molar-refractivity contribution is 8.00. The number of benzene rings is 1. The summed E-state index contributed by atoms with van der Waals surface area (Å²) in [6.07, 6.45) is 9.41. The minimum atomic E-state index is -0.167. The Morgan fingerprint density at radius 1 is 1.14 bits per heavy atom. The maximum Gasteiger partial charge on any atom is 0.237 e. The van der Waals surface area contributed by atoms with E-state index < -0.39 is 0 Å². The Morgan fingerprint density at radius 3 is 2.54 bits per heavy atom. The molecule has 4 nitrogen and oxygen atoms in total. The van der Waals surface area contributed by atoms with E-state index in [4.69, 9.17) is 10.5 Å². The summed E-state index contributed by atoms with van der Waals surface area (Å²) < 4.78 is 6.37. The van der Waals surface area contributed by atoms with Gasteiger partial charge in [0.05, 0.1) is 6.61 Å². The molecule has 0 spiro atoms. The van der Waals surface area contributed by atoms with Gasteiger partial charge in [-0.05, 0) is 86.1 Å². The van der Waals surface area contributed by atoms with E-state index in [0.29, 0.717) is 12.0 Å². The van der Waals surface area contributed by atoms with Gasteiger partial charge in [0.15, 0.2) is 0 Å². The second-order valence-corrected chi connectivity index (χ2v) is 11.0. The van der Waals surface area contributed by atoms with Crippen LogP contribution in [0.25, 0.3) is 0 Å². The molecule has 152 valence electrons. The Hall–Kier alpha value is -1.20. The van der Waals surface area contributed by atoms with Crippen molar-refractivity contribution < 1.29 is 9.53 Å². The number of nitrogens with one attached hydrogen (secondary N) is 1. The van der Waals surface area contributed by atoms with Crippen molar-refractivity contribution in [2.75, 3.05) is 18.9 Å². The molecule has 1 heterocycles. The van der Waals surface area contributed by atoms with Crippen molar-refractivity contribution in [2.24, 2.45) is 28.9 Å². The first kappa shape index (κ1) is 18.8. The Labute approximate surface area is 172 Å². The van der Waals surface area contributed by atoms with Gasteiger partial charge in [-0.2, -0.15) is 0 Å². The van der Waals surface area contributed by atoms with Crippen LogP contribution in [0.1, 0.15) is 55.8 Å². The number of amides is 1. The largest absolute Gasteiger partial charge is 0.493 e. The van der Waals surface area contributed by atoms with Crippen LogP contribution >= 0.6 is 11.8 Å². The van der Waals surface area contributed by atoms with Gasteiger partial charge >= 0.3 is 0 Å². The quantitative estimate of drug-likeness (QED) is 0.787. The lowest BCUT2D eigenvalue weighted by Gasteiger charge is -2.56. The van der Waals surface area contributed by atoms with E-state index in [1.807, 2.05) is 12.1 Å². The first-order valence-electron chi connectivity index (χ1n) is 11.0. The molecular formula is C23H32N2O2S. The predicted octanol–water partition coefficient (Wildman–Crippen LogP) is 3.90. The zero-order valence-electron chi connectivity index (χ0n) is 16.6. The number of carbonyl (C=O) groups is 1. The van der Waals surface area contributed by atoms with Gasteiger partial charge < -0.3 is 15.8 Å². The standard InChI is InChI=1S/C23H32N2O2S/c24-13-19-4-5-28-21(22(26)25-19)18-2-1-3-20(9-18)27-14-23-10-15-6-16(11-23)8-17(7-15)12-23/h1-3,9,15-17,19,21H,4-8,10-14,24H2,(H,25,26)/t15?,16?,17?,19-,21+,23?/m0/s1. The molecule has 0 aromatic heterocycles. The zero-order valence-corrected chi connectivity index (χ0v) is 17.4. The third-order valence-electron chi connectivity index (χ3n) is 7.49. The summed E-state index contributed by atoms with van der Waals surface area (Å²) in [6.45, 7) is 1.35. The van der Waals surface area contributed by atoms with Gasteiger partial charge in [0, 0.05) is 18.0 Å². The Balaban J connectivity index is 1.27. The number of nitrogens with two attached hydrogens (primary N) is 1. The maximum absolute atomic E-state index is 12.7. The molecule has 0 unspecified atom stereocenters. The third-order valence-corrected chi connectivity index (χ3v) is 8.78. The maximum atomic E-state index is 12.7. The molecule has 1 aliphatic heterocycles. The van der Waals surface area contributed by atoms with Crippen molar-refractivity contribution in [2.45, 2.75) is 56.2 Å². The number of hydrogen-bond donors (Lipinski definition) is 2. The van der Waals surface area contributed by atoms with Gasteiger partial charge in [0.25, 0.3) is 0 Å². The van der Waals surface area contributed by atoms with E-state index in [9.17, 15) is 4.79 Å². The predicted molar refractivity (Wildman–Crippen MR) is 113 cm³/mol. The van der Waals surface area contributed by atoms with Crippen LogP contribution in [0.5, 0.6) is 5.75 Å². The average Bonchev–Trinajstić information content (AvgIpc) is 2.87. The topological polar surface area (TPSA) is 64.3 Å². The SMILES string of the molecule is NC[C@@H]1CCS[C@H](c2cccc(OCC34CC5CC(CC(C5)C3)C4)c2)C(=O)N1. The van der Waals surface area contributed by atoms with Gasteiger partial charge in [0.2, 0.25) is 5.91 Å². The Kier molecular flexibility index (Phi) is 5.08. The second kappa shape index (κ2) is 7.56. The van der Waals surface area contributed by atoms with Crippen molar-refractivity contribution in [3.05, 3.63) is 29.8 Å². The second-order valence-electron chi connectivity index (χ2n) is 9.76. The molecule has 1 aromatic rings. The molecule has 1 saturated heterocycles. The zero-order chi connectivity index (χ0) is 19.1. The van der Waals surface area contributed by atoms with Crippen molar-refractivity contribution >= 4 is 17.7 Å². The van der Waals surface area contributed by atoms with Crippen LogP contribution in [0, 0.1) is 23.2 Å². The molecule has 5 aliphatic rings. The van der Waals surface area contributed by atoms with Gasteiger partial charge in [0.1, 0.15) is 11.0 Å². The number of rotatable bonds is 5. The molecule has 2 atom stereocenters. The molecular weight excluding hydrogens is 368 g/mol. The first-order chi connectivity index (χ1) is 13.6. The molecule has 4 saturated carbocycles. The fourth-order valence-corrected chi connectivity index (χ4v) is 7.86. The monoisotopic (exact) mass is 400 g/mol. The van der Waals surface area contributed by atoms with Crippen LogP contribution in [0.3, 0.4) is 0 Å². The minimum absolute atomic E-state index is 0.0798. The highest BCUT2D eigenvalue weighted by Gasteiger charge is 2.51. The van der Waals surface area contributed by atoms with Crippen LogP contribution in [-0.2, 0) is 4.79 Å². The molecule has 4 bridgehead atoms. The van der Waals surface area contributed by atoms with Crippen LogP contribution in [-0.4, -0.2) is 30.9 Å². The molecule has 6 rings (SSSR count). The summed E-state index contributed by atoms with van der Waals surface area (Å²) in [5.41, 5.74) is 7.22. The lowest BCUT2D eigenvalue weighted by molar-refractivity contribution is -0.121. The molecule has 1 aromatic carbocycles. The fourth-order valence-electron chi connectivity index (χ4n) is 6.65. The van der Waals surface area contributed by atoms with Crippen LogP contribution in [0.2, 0.25) is 0 Å². The van der Waals surface area contributed by atoms with Crippen molar-refractivity contribution in [3.8, 4) is 5.75 Å². The molecule has 5 fully saturated rings. The van der Waals surface area contributed by atoms with Crippen LogP contribution < -0.4 is 15.8 Å². The number of hydrogen-bond acceptors (Lipinski definition) is 4. The molecule has 4 aliphatic carbocycles. The van der Waals surface area contributed by atoms with E-state index in [1.54, 1.807) is 11.8 Å². The summed E-state index contributed by atoms with van der Waals surface area (Å²) >= 11 is 1.72. The molecule has 0 radical (unpaired) electrons. The normalized spacial score (nSPS) is 39.5. The summed E-state index contributed by atoms with van der Waals surface area (Å²) in [5.74, 6) is 4.79. The van der Waals surface area contributed by atoms with Crippen molar-refractivity contribution in [3.63, 3.8) is 0 Å². The number of ether oxygens (including phenoxy) is 1.